The zero-order chi connectivity index (χ0) is 15.0. The van der Waals surface area contributed by atoms with Gasteiger partial charge in [-0.3, -0.25) is 0 Å². The molecule has 0 radical (unpaired) electrons. The molecule has 1 aromatic heterocycles. The Balaban J connectivity index is 1.81. The first-order valence-electron chi connectivity index (χ1n) is 7.13. The summed E-state index contributed by atoms with van der Waals surface area (Å²) >= 11 is 3.57. The lowest BCUT2D eigenvalue weighted by molar-refractivity contribution is 0.248. The summed E-state index contributed by atoms with van der Waals surface area (Å²) in [6, 6.07) is 8.29. The van der Waals surface area contributed by atoms with Gasteiger partial charge in [0.1, 0.15) is 0 Å². The second-order valence-electron chi connectivity index (χ2n) is 5.77. The number of nitrogens with zero attached hydrogens (tertiary/aromatic N) is 2. The van der Waals surface area contributed by atoms with E-state index in [4.69, 9.17) is 0 Å². The van der Waals surface area contributed by atoms with Crippen LogP contribution in [-0.4, -0.2) is 36.6 Å². The largest absolute Gasteiger partial charge is 0.347 e. The molecule has 1 atom stereocenters. The van der Waals surface area contributed by atoms with E-state index in [0.29, 0.717) is 19.0 Å². The van der Waals surface area contributed by atoms with Crippen LogP contribution in [0.15, 0.2) is 34.9 Å². The number of benzene rings is 1. The number of hydrogen-bond donors (Lipinski definition) is 0. The quantitative estimate of drug-likeness (QED) is 0.832. The van der Waals surface area contributed by atoms with Crippen molar-refractivity contribution in [3.63, 3.8) is 0 Å². The molecule has 0 aliphatic carbocycles. The molecule has 0 N–H and O–H groups in total. The monoisotopic (exact) mass is 370 g/mol. The molecule has 6 heteroatoms. The smallest absolute Gasteiger partial charge is 0.211 e. The van der Waals surface area contributed by atoms with Crippen LogP contribution in [0.4, 0.5) is 0 Å². The Morgan fingerprint density at radius 1 is 1.33 bits per heavy atom. The number of piperidine rings is 1. The third kappa shape index (κ3) is 3.17. The zero-order valence-electron chi connectivity index (χ0n) is 12.0. The summed E-state index contributed by atoms with van der Waals surface area (Å²) in [5.41, 5.74) is 1.20. The highest BCUT2D eigenvalue weighted by molar-refractivity contribution is 9.10. The molecule has 1 saturated heterocycles. The van der Waals surface area contributed by atoms with Crippen molar-refractivity contribution in [3.8, 4) is 0 Å². The normalized spacial score (nSPS) is 21.0. The summed E-state index contributed by atoms with van der Waals surface area (Å²) in [4.78, 5) is 0. The summed E-state index contributed by atoms with van der Waals surface area (Å²) in [7, 11) is -3.07. The standard InChI is InChI=1S/C15H19BrN2O2S/c1-21(19,20)18-8-3-4-12(11-18)10-17-9-7-13-14(16)5-2-6-15(13)17/h2,5-7,9,12H,3-4,8,10-11H2,1H3. The average Bonchev–Trinajstić information content (AvgIpc) is 2.83. The molecule has 1 aliphatic rings. The van der Waals surface area contributed by atoms with Crippen molar-refractivity contribution in [2.45, 2.75) is 19.4 Å². The van der Waals surface area contributed by atoms with E-state index < -0.39 is 10.0 Å². The van der Waals surface area contributed by atoms with E-state index >= 15 is 0 Å². The van der Waals surface area contributed by atoms with E-state index in [1.165, 1.54) is 17.2 Å². The molecule has 1 unspecified atom stereocenters. The predicted octanol–water partition coefficient (Wildman–Crippen LogP) is 3.08. The Morgan fingerprint density at radius 3 is 2.90 bits per heavy atom. The lowest BCUT2D eigenvalue weighted by Crippen LogP contribution is -2.40. The van der Waals surface area contributed by atoms with Gasteiger partial charge in [-0.1, -0.05) is 22.0 Å². The summed E-state index contributed by atoms with van der Waals surface area (Å²) in [6.07, 6.45) is 5.42. The van der Waals surface area contributed by atoms with Gasteiger partial charge in [0.2, 0.25) is 10.0 Å². The van der Waals surface area contributed by atoms with Crippen molar-refractivity contribution in [2.24, 2.45) is 5.92 Å². The van der Waals surface area contributed by atoms with E-state index in [2.05, 4.69) is 38.8 Å². The number of hydrogen-bond acceptors (Lipinski definition) is 2. The van der Waals surface area contributed by atoms with Gasteiger partial charge >= 0.3 is 0 Å². The summed E-state index contributed by atoms with van der Waals surface area (Å²) in [6.45, 7) is 2.16. The van der Waals surface area contributed by atoms with Crippen molar-refractivity contribution >= 4 is 36.9 Å². The van der Waals surface area contributed by atoms with Gasteiger partial charge in [0, 0.05) is 41.2 Å². The first-order chi connectivity index (χ1) is 9.95. The maximum absolute atomic E-state index is 11.7. The van der Waals surface area contributed by atoms with Crippen molar-refractivity contribution in [1.82, 2.24) is 8.87 Å². The van der Waals surface area contributed by atoms with Gasteiger partial charge in [0.25, 0.3) is 0 Å². The molecule has 1 fully saturated rings. The lowest BCUT2D eigenvalue weighted by Gasteiger charge is -2.31. The first kappa shape index (κ1) is 15.1. The van der Waals surface area contributed by atoms with Crippen LogP contribution in [0.25, 0.3) is 10.9 Å². The van der Waals surface area contributed by atoms with Crippen molar-refractivity contribution < 1.29 is 8.42 Å². The van der Waals surface area contributed by atoms with E-state index in [1.807, 2.05) is 12.1 Å². The molecular formula is C15H19BrN2O2S. The molecule has 0 bridgehead atoms. The predicted molar refractivity (Wildman–Crippen MR) is 88.8 cm³/mol. The Morgan fingerprint density at radius 2 is 2.14 bits per heavy atom. The Labute approximate surface area is 133 Å². The molecular weight excluding hydrogens is 352 g/mol. The Bertz CT molecular complexity index is 754. The van der Waals surface area contributed by atoms with Crippen molar-refractivity contribution in [3.05, 3.63) is 34.9 Å². The third-order valence-electron chi connectivity index (χ3n) is 4.17. The van der Waals surface area contributed by atoms with E-state index in [-0.39, 0.29) is 0 Å². The first-order valence-corrected chi connectivity index (χ1v) is 9.78. The molecule has 114 valence electrons. The lowest BCUT2D eigenvalue weighted by atomic mass is 9.99. The van der Waals surface area contributed by atoms with Crippen molar-refractivity contribution in [1.29, 1.82) is 0 Å². The molecule has 0 spiro atoms. The molecule has 21 heavy (non-hydrogen) atoms. The summed E-state index contributed by atoms with van der Waals surface area (Å²) in [5.74, 6) is 0.378. The SMILES string of the molecule is CS(=O)(=O)N1CCCC(Cn2ccc3c(Br)cccc32)C1. The number of rotatable bonds is 3. The fourth-order valence-electron chi connectivity index (χ4n) is 3.10. The summed E-state index contributed by atoms with van der Waals surface area (Å²) < 4.78 is 28.4. The van der Waals surface area contributed by atoms with Crippen LogP contribution in [0.5, 0.6) is 0 Å². The molecule has 4 nitrogen and oxygen atoms in total. The van der Waals surface area contributed by atoms with Gasteiger partial charge in [-0.05, 0) is 37.0 Å². The minimum atomic E-state index is -3.07. The molecule has 0 amide bonds. The highest BCUT2D eigenvalue weighted by Gasteiger charge is 2.26. The van der Waals surface area contributed by atoms with Crippen LogP contribution in [0.3, 0.4) is 0 Å². The van der Waals surface area contributed by atoms with E-state index in [1.54, 1.807) is 4.31 Å². The molecule has 0 saturated carbocycles. The van der Waals surface area contributed by atoms with Crippen LogP contribution < -0.4 is 0 Å². The Hall–Kier alpha value is -0.850. The third-order valence-corrected chi connectivity index (χ3v) is 6.13. The van der Waals surface area contributed by atoms with Crippen LogP contribution >= 0.6 is 15.9 Å². The van der Waals surface area contributed by atoms with Crippen LogP contribution in [0, 0.1) is 5.92 Å². The minimum absolute atomic E-state index is 0.378. The number of fused-ring (bicyclic) bond motifs is 1. The maximum Gasteiger partial charge on any atom is 0.211 e. The van der Waals surface area contributed by atoms with Crippen molar-refractivity contribution in [2.75, 3.05) is 19.3 Å². The zero-order valence-corrected chi connectivity index (χ0v) is 14.4. The van der Waals surface area contributed by atoms with Crippen LogP contribution in [0.2, 0.25) is 0 Å². The Kier molecular flexibility index (Phi) is 4.12. The van der Waals surface area contributed by atoms with Gasteiger partial charge in [-0.15, -0.1) is 0 Å². The topological polar surface area (TPSA) is 42.3 Å². The van der Waals surface area contributed by atoms with Gasteiger partial charge in [-0.2, -0.15) is 0 Å². The molecule has 1 aromatic carbocycles. The highest BCUT2D eigenvalue weighted by Crippen LogP contribution is 2.27. The minimum Gasteiger partial charge on any atom is -0.347 e. The summed E-state index contributed by atoms with van der Waals surface area (Å²) in [5, 5.41) is 1.20. The second kappa shape index (κ2) is 5.74. The fraction of sp³-hybridized carbons (Fsp3) is 0.467. The molecule has 1 aliphatic heterocycles. The maximum atomic E-state index is 11.7. The molecule has 2 heterocycles. The fourth-order valence-corrected chi connectivity index (χ4v) is 4.53. The molecule has 3 rings (SSSR count). The molecule has 2 aromatic rings. The van der Waals surface area contributed by atoms with Gasteiger partial charge in [0.05, 0.1) is 6.26 Å². The average molecular weight is 371 g/mol. The van der Waals surface area contributed by atoms with Crippen LogP contribution in [0.1, 0.15) is 12.8 Å². The second-order valence-corrected chi connectivity index (χ2v) is 8.61. The van der Waals surface area contributed by atoms with Gasteiger partial charge in [-0.25, -0.2) is 12.7 Å². The highest BCUT2D eigenvalue weighted by atomic mass is 79.9. The number of halogens is 1. The van der Waals surface area contributed by atoms with Gasteiger partial charge in [0.15, 0.2) is 0 Å². The van der Waals surface area contributed by atoms with Gasteiger partial charge < -0.3 is 4.57 Å². The van der Waals surface area contributed by atoms with Crippen LogP contribution in [-0.2, 0) is 16.6 Å². The van der Waals surface area contributed by atoms with E-state index in [0.717, 1.165) is 23.9 Å². The number of sulfonamides is 1. The van der Waals surface area contributed by atoms with E-state index in [9.17, 15) is 8.42 Å². The number of aromatic nitrogens is 1.